The Kier molecular flexibility index (Phi) is 4.63. The molecule has 0 saturated carbocycles. The number of hydrazone groups is 1. The molecule has 0 rings (SSSR count). The maximum Gasteiger partial charge on any atom is 0.132 e. The first-order chi connectivity index (χ1) is 4.98. The van der Waals surface area contributed by atoms with E-state index in [1.54, 1.807) is 11.1 Å². The summed E-state index contributed by atoms with van der Waals surface area (Å²) in [5.41, 5.74) is 2.65. The van der Waals surface area contributed by atoms with Crippen LogP contribution in [0.1, 0.15) is 27.2 Å². The lowest BCUT2D eigenvalue weighted by Crippen LogP contribution is -2.37. The van der Waals surface area contributed by atoms with E-state index in [1.165, 1.54) is 0 Å². The number of nitrogens with one attached hydrogen (secondary N) is 1. The van der Waals surface area contributed by atoms with E-state index in [-0.39, 0.29) is 11.3 Å². The first kappa shape index (κ1) is 10.9. The highest BCUT2D eigenvalue weighted by atomic mass is 127. The van der Waals surface area contributed by atoms with Crippen LogP contribution in [0.5, 0.6) is 0 Å². The first-order valence-electron chi connectivity index (χ1n) is 3.36. The second-order valence-corrected chi connectivity index (χ2v) is 3.66. The molecule has 0 fully saturated rings. The summed E-state index contributed by atoms with van der Waals surface area (Å²) in [6, 6.07) is 0. The molecule has 0 radical (unpaired) electrons. The zero-order valence-electron chi connectivity index (χ0n) is 7.02. The van der Waals surface area contributed by atoms with Crippen LogP contribution in [0.4, 0.5) is 0 Å². The molecule has 0 aromatic heterocycles. The summed E-state index contributed by atoms with van der Waals surface area (Å²) < 4.78 is 1.64. The Balaban J connectivity index is 3.89. The maximum atomic E-state index is 10.7. The highest BCUT2D eigenvalue weighted by Gasteiger charge is 2.18. The van der Waals surface area contributed by atoms with Crippen molar-refractivity contribution in [1.29, 1.82) is 0 Å². The lowest BCUT2D eigenvalue weighted by Gasteiger charge is -2.22. The van der Waals surface area contributed by atoms with Crippen LogP contribution in [0.15, 0.2) is 5.10 Å². The summed E-state index contributed by atoms with van der Waals surface area (Å²) >= 11 is 2.02. The molecule has 0 spiro atoms. The van der Waals surface area contributed by atoms with Gasteiger partial charge in [-0.25, -0.2) is 0 Å². The van der Waals surface area contributed by atoms with Gasteiger partial charge in [0.05, 0.1) is 9.76 Å². The van der Waals surface area contributed by atoms with Gasteiger partial charge in [-0.05, 0) is 43.4 Å². The zero-order valence-corrected chi connectivity index (χ0v) is 9.18. The highest BCUT2D eigenvalue weighted by molar-refractivity contribution is 14.1. The van der Waals surface area contributed by atoms with E-state index in [1.807, 2.05) is 36.4 Å². The van der Waals surface area contributed by atoms with E-state index < -0.39 is 0 Å². The Morgan fingerprint density at radius 1 is 1.73 bits per heavy atom. The smallest absolute Gasteiger partial charge is 0.132 e. The van der Waals surface area contributed by atoms with Crippen LogP contribution in [0.3, 0.4) is 0 Å². The van der Waals surface area contributed by atoms with E-state index in [4.69, 9.17) is 0 Å². The SMILES string of the molecule is CC(=O)CC(C)(C)N/N=C\I. The maximum absolute atomic E-state index is 10.7. The molecule has 64 valence electrons. The molecule has 0 aliphatic carbocycles. The third-order valence-electron chi connectivity index (χ3n) is 1.11. The van der Waals surface area contributed by atoms with Gasteiger partial charge >= 0.3 is 0 Å². The Morgan fingerprint density at radius 2 is 2.27 bits per heavy atom. The summed E-state index contributed by atoms with van der Waals surface area (Å²) in [6.07, 6.45) is 0.501. The third kappa shape index (κ3) is 6.28. The molecule has 0 atom stereocenters. The fourth-order valence-corrected chi connectivity index (χ4v) is 1.00. The van der Waals surface area contributed by atoms with Gasteiger partial charge in [0.25, 0.3) is 0 Å². The van der Waals surface area contributed by atoms with Gasteiger partial charge in [0.2, 0.25) is 0 Å². The van der Waals surface area contributed by atoms with Crippen LogP contribution in [0, 0.1) is 0 Å². The number of hydrogen-bond donors (Lipinski definition) is 1. The summed E-state index contributed by atoms with van der Waals surface area (Å²) in [5, 5.41) is 3.86. The Bertz CT molecular complexity index is 166. The predicted molar refractivity (Wildman–Crippen MR) is 55.0 cm³/mol. The molecule has 0 bridgehead atoms. The molecule has 0 saturated heterocycles. The number of Topliss-reactive ketones (excluding diaryl/α,β-unsaturated/α-hetero) is 1. The Labute approximate surface area is 80.8 Å². The van der Waals surface area contributed by atoms with Gasteiger partial charge in [0.15, 0.2) is 0 Å². The molecule has 0 aliphatic heterocycles. The normalized spacial score (nSPS) is 12.0. The Morgan fingerprint density at radius 3 is 2.64 bits per heavy atom. The average molecular weight is 268 g/mol. The van der Waals surface area contributed by atoms with E-state index in [9.17, 15) is 4.79 Å². The van der Waals surface area contributed by atoms with Crippen molar-refractivity contribution >= 4 is 32.6 Å². The van der Waals surface area contributed by atoms with Gasteiger partial charge in [0.1, 0.15) is 5.78 Å². The minimum atomic E-state index is -0.229. The molecular weight excluding hydrogens is 255 g/mol. The van der Waals surface area contributed by atoms with Crippen LogP contribution in [-0.2, 0) is 4.79 Å². The van der Waals surface area contributed by atoms with Crippen LogP contribution < -0.4 is 5.43 Å². The molecule has 11 heavy (non-hydrogen) atoms. The van der Waals surface area contributed by atoms with E-state index >= 15 is 0 Å². The summed E-state index contributed by atoms with van der Waals surface area (Å²) in [4.78, 5) is 10.7. The van der Waals surface area contributed by atoms with Gasteiger partial charge in [-0.15, -0.1) is 0 Å². The van der Waals surface area contributed by atoms with Crippen molar-refractivity contribution in [2.75, 3.05) is 0 Å². The second-order valence-electron chi connectivity index (χ2n) is 3.10. The quantitative estimate of drug-likeness (QED) is 0.479. The average Bonchev–Trinajstić information content (AvgIpc) is 1.81. The largest absolute Gasteiger partial charge is 0.304 e. The van der Waals surface area contributed by atoms with Crippen LogP contribution in [-0.4, -0.2) is 15.5 Å². The van der Waals surface area contributed by atoms with Crippen molar-refractivity contribution in [3.63, 3.8) is 0 Å². The fourth-order valence-electron chi connectivity index (χ4n) is 0.861. The highest BCUT2D eigenvalue weighted by Crippen LogP contribution is 2.07. The topological polar surface area (TPSA) is 41.5 Å². The van der Waals surface area contributed by atoms with Gasteiger partial charge in [-0.1, -0.05) is 0 Å². The molecule has 4 heteroatoms. The van der Waals surface area contributed by atoms with Crippen molar-refractivity contribution in [2.24, 2.45) is 5.10 Å². The summed E-state index contributed by atoms with van der Waals surface area (Å²) in [5.74, 6) is 0.172. The second kappa shape index (κ2) is 4.69. The van der Waals surface area contributed by atoms with Crippen LogP contribution >= 0.6 is 22.6 Å². The van der Waals surface area contributed by atoms with Gasteiger partial charge in [0, 0.05) is 6.42 Å². The van der Waals surface area contributed by atoms with Crippen molar-refractivity contribution in [3.8, 4) is 0 Å². The van der Waals surface area contributed by atoms with Crippen molar-refractivity contribution in [1.82, 2.24) is 5.43 Å². The van der Waals surface area contributed by atoms with Crippen molar-refractivity contribution in [3.05, 3.63) is 0 Å². The molecule has 0 aromatic carbocycles. The van der Waals surface area contributed by atoms with Gasteiger partial charge in [-0.2, -0.15) is 5.10 Å². The minimum Gasteiger partial charge on any atom is -0.304 e. The number of nitrogens with zero attached hydrogens (tertiary/aromatic N) is 1. The first-order valence-corrected chi connectivity index (χ1v) is 4.61. The minimum absolute atomic E-state index is 0.172. The summed E-state index contributed by atoms with van der Waals surface area (Å²) in [6.45, 7) is 5.47. The molecule has 0 unspecified atom stereocenters. The molecular formula is C7H13IN2O. The molecule has 3 nitrogen and oxygen atoms in total. The molecule has 0 aromatic rings. The predicted octanol–water partition coefficient (Wildman–Crippen LogP) is 1.71. The molecule has 0 aliphatic rings. The molecule has 0 heterocycles. The van der Waals surface area contributed by atoms with Gasteiger partial charge in [-0.3, -0.25) is 4.79 Å². The van der Waals surface area contributed by atoms with E-state index in [0.717, 1.165) is 0 Å². The lowest BCUT2D eigenvalue weighted by atomic mass is 10.00. The van der Waals surface area contributed by atoms with Crippen molar-refractivity contribution in [2.45, 2.75) is 32.7 Å². The standard InChI is InChI=1S/C7H13IN2O/c1-6(11)4-7(2,3)10-9-5-8/h5,10H,4H2,1-3H3/b9-5-. The number of rotatable bonds is 4. The number of carbonyl (C=O) groups is 1. The van der Waals surface area contributed by atoms with Crippen LogP contribution in [0.2, 0.25) is 0 Å². The Hall–Kier alpha value is -0.130. The van der Waals surface area contributed by atoms with Crippen LogP contribution in [0.25, 0.3) is 0 Å². The summed E-state index contributed by atoms with van der Waals surface area (Å²) in [7, 11) is 0. The van der Waals surface area contributed by atoms with Crippen molar-refractivity contribution < 1.29 is 4.79 Å². The third-order valence-corrected chi connectivity index (χ3v) is 1.39. The molecule has 1 N–H and O–H groups in total. The van der Waals surface area contributed by atoms with Gasteiger partial charge < -0.3 is 5.43 Å². The zero-order chi connectivity index (χ0) is 8.91. The number of carbonyl (C=O) groups excluding carboxylic acids is 1. The van der Waals surface area contributed by atoms with E-state index in [0.29, 0.717) is 6.42 Å². The van der Waals surface area contributed by atoms with E-state index in [2.05, 4.69) is 10.5 Å². The number of halogens is 1. The fraction of sp³-hybridized carbons (Fsp3) is 0.714. The number of hydrogen-bond acceptors (Lipinski definition) is 3. The monoisotopic (exact) mass is 268 g/mol. The number of ketones is 1. The lowest BCUT2D eigenvalue weighted by molar-refractivity contribution is -0.118. The molecule has 0 amide bonds.